The van der Waals surface area contributed by atoms with Gasteiger partial charge in [0.15, 0.2) is 12.1 Å². The molecule has 294 valence electrons. The highest BCUT2D eigenvalue weighted by molar-refractivity contribution is 6.27. The van der Waals surface area contributed by atoms with Gasteiger partial charge in [0.05, 0.1) is 23.0 Å². The number of Topliss-reactive ketones (excluding diaryl/α,β-unsaturated/α-hetero) is 1. The zero-order chi connectivity index (χ0) is 39.1. The van der Waals surface area contributed by atoms with E-state index in [2.05, 4.69) is 44.2 Å². The van der Waals surface area contributed by atoms with Crippen LogP contribution in [0.15, 0.2) is 36.7 Å². The smallest absolute Gasteiger partial charge is 0.243 e. The molecule has 1 aromatic carbocycles. The average Bonchev–Trinajstić information content (AvgIpc) is 3.76. The molecule has 3 saturated heterocycles. The van der Waals surface area contributed by atoms with Crippen LogP contribution in [0.4, 0.5) is 27.8 Å². The van der Waals surface area contributed by atoms with Gasteiger partial charge in [-0.2, -0.15) is 10.1 Å². The van der Waals surface area contributed by atoms with Crippen molar-refractivity contribution in [3.05, 3.63) is 59.2 Å². The molecule has 16 nitrogen and oxygen atoms in total. The zero-order valence-electron chi connectivity index (χ0n) is 31.8. The van der Waals surface area contributed by atoms with E-state index in [0.29, 0.717) is 67.0 Å². The van der Waals surface area contributed by atoms with Crippen LogP contribution in [0.25, 0.3) is 10.9 Å². The highest BCUT2D eigenvalue weighted by Crippen LogP contribution is 2.39. The summed E-state index contributed by atoms with van der Waals surface area (Å²) in [4.78, 5) is 71.1. The van der Waals surface area contributed by atoms with Gasteiger partial charge in [0.25, 0.3) is 0 Å². The number of halogens is 1. The lowest BCUT2D eigenvalue weighted by atomic mass is 9.97. The molecule has 2 N–H and O–H groups in total. The number of methoxy groups -OCH3 is 1. The summed E-state index contributed by atoms with van der Waals surface area (Å²) in [5, 5.41) is 11.7. The summed E-state index contributed by atoms with van der Waals surface area (Å²) < 4.78 is 23.2. The van der Waals surface area contributed by atoms with Crippen LogP contribution >= 0.6 is 0 Å². The minimum atomic E-state index is -1.07. The number of amides is 2. The fraction of sp³-hybridized carbons (Fsp3) is 0.487. The van der Waals surface area contributed by atoms with Crippen molar-refractivity contribution in [2.24, 2.45) is 0 Å². The van der Waals surface area contributed by atoms with Gasteiger partial charge in [-0.1, -0.05) is 0 Å². The molecule has 4 aromatic rings. The number of aromatic nitrogens is 5. The number of aldehydes is 1. The summed E-state index contributed by atoms with van der Waals surface area (Å²) in [6.07, 6.45) is 6.30. The first-order chi connectivity index (χ1) is 27.1. The number of benzene rings is 1. The molecule has 3 fully saturated rings. The summed E-state index contributed by atoms with van der Waals surface area (Å²) in [5.74, 6) is 0.718. The Kier molecular flexibility index (Phi) is 10.5. The molecule has 0 radical (unpaired) electrons. The van der Waals surface area contributed by atoms with Crippen molar-refractivity contribution in [3.63, 3.8) is 0 Å². The number of ether oxygens (including phenoxy) is 1. The molecule has 0 saturated carbocycles. The van der Waals surface area contributed by atoms with E-state index in [1.165, 1.54) is 6.07 Å². The lowest BCUT2D eigenvalue weighted by Gasteiger charge is -2.35. The monoisotopic (exact) mass is 767 g/mol. The molecule has 0 aliphatic carbocycles. The van der Waals surface area contributed by atoms with Crippen LogP contribution in [0.3, 0.4) is 0 Å². The molecule has 17 heteroatoms. The maximum atomic E-state index is 15.7. The van der Waals surface area contributed by atoms with E-state index in [4.69, 9.17) is 19.8 Å². The quantitative estimate of drug-likeness (QED) is 0.130. The van der Waals surface area contributed by atoms with Crippen molar-refractivity contribution in [2.75, 3.05) is 61.5 Å². The van der Waals surface area contributed by atoms with E-state index in [1.807, 2.05) is 23.0 Å². The topological polar surface area (TPSA) is 171 Å². The van der Waals surface area contributed by atoms with Crippen LogP contribution < -0.4 is 20.4 Å². The van der Waals surface area contributed by atoms with Gasteiger partial charge < -0.3 is 19.9 Å². The summed E-state index contributed by atoms with van der Waals surface area (Å²) in [7, 11) is 1.75. The number of pyridine rings is 1. The van der Waals surface area contributed by atoms with Gasteiger partial charge in [-0.05, 0) is 62.4 Å². The van der Waals surface area contributed by atoms with Crippen LogP contribution in [0.2, 0.25) is 0 Å². The average molecular weight is 768 g/mol. The Morgan fingerprint density at radius 2 is 1.82 bits per heavy atom. The predicted molar refractivity (Wildman–Crippen MR) is 205 cm³/mol. The summed E-state index contributed by atoms with van der Waals surface area (Å²) >= 11 is 0. The van der Waals surface area contributed by atoms with Crippen LogP contribution in [0.5, 0.6) is 0 Å². The first-order valence-electron chi connectivity index (χ1n) is 19.2. The molecule has 7 heterocycles. The largest absolute Gasteiger partial charge is 0.381 e. The number of rotatable bonds is 11. The number of hydrogen-bond donors (Lipinski definition) is 2. The minimum Gasteiger partial charge on any atom is -0.381 e. The van der Waals surface area contributed by atoms with Crippen LogP contribution in [-0.4, -0.2) is 117 Å². The number of piperidine rings is 2. The highest BCUT2D eigenvalue weighted by Gasteiger charge is 2.44. The standard InChI is InChI=1S/C39H46FN11O5/c1-23(2)51-31-18-34(43-33-6-9-41-39(44-33)49-10-7-26(56-3)8-11-49)42-19-28(31)37(46-51)48-14-12-47(13-15-48)20-25-16-24-21-50(30-4-5-35(54)45-38(30)55)36(32(53)22-52)27(24)17-29(25)40/h6,9,16-19,22-23,26,30,36H,4-5,7-8,10-15,20-21H2,1-3H3,(H,45,54,55)(H,41,42,43,44). The number of imide groups is 1. The number of ketones is 1. The Hall–Kier alpha value is -5.39. The second-order valence-electron chi connectivity index (χ2n) is 15.2. The molecule has 0 bridgehead atoms. The first kappa shape index (κ1) is 37.5. The highest BCUT2D eigenvalue weighted by atomic mass is 19.1. The van der Waals surface area contributed by atoms with Gasteiger partial charge in [-0.25, -0.2) is 14.4 Å². The molecule has 2 amide bonds. The Balaban J connectivity index is 0.945. The van der Waals surface area contributed by atoms with Gasteiger partial charge in [-0.15, -0.1) is 0 Å². The first-order valence-corrected chi connectivity index (χ1v) is 19.2. The Morgan fingerprint density at radius 1 is 1.04 bits per heavy atom. The molecule has 4 aliphatic heterocycles. The van der Waals surface area contributed by atoms with Gasteiger partial charge in [0, 0.05) is 96.0 Å². The number of hydrogen-bond acceptors (Lipinski definition) is 14. The predicted octanol–water partition coefficient (Wildman–Crippen LogP) is 3.05. The van der Waals surface area contributed by atoms with E-state index in [1.54, 1.807) is 24.3 Å². The molecule has 0 spiro atoms. The van der Waals surface area contributed by atoms with Crippen molar-refractivity contribution in [3.8, 4) is 0 Å². The number of carbonyl (C=O) groups excluding carboxylic acids is 4. The van der Waals surface area contributed by atoms with E-state index in [-0.39, 0.29) is 43.7 Å². The fourth-order valence-electron chi connectivity index (χ4n) is 8.40. The minimum absolute atomic E-state index is 0.0959. The summed E-state index contributed by atoms with van der Waals surface area (Å²) in [6.45, 7) is 9.06. The second-order valence-corrected chi connectivity index (χ2v) is 15.2. The molecule has 2 atom stereocenters. The molecule has 8 rings (SSSR count). The Labute approximate surface area is 323 Å². The van der Waals surface area contributed by atoms with Gasteiger partial charge in [0.1, 0.15) is 23.5 Å². The van der Waals surface area contributed by atoms with Gasteiger partial charge >= 0.3 is 0 Å². The number of carbonyl (C=O) groups is 4. The van der Waals surface area contributed by atoms with Crippen molar-refractivity contribution >= 4 is 58.2 Å². The molecular weight excluding hydrogens is 721 g/mol. The van der Waals surface area contributed by atoms with Crippen LogP contribution in [-0.2, 0) is 37.0 Å². The van der Waals surface area contributed by atoms with E-state index in [9.17, 15) is 19.2 Å². The number of nitrogens with zero attached hydrogens (tertiary/aromatic N) is 9. The lowest BCUT2D eigenvalue weighted by molar-refractivity contribution is -0.141. The maximum absolute atomic E-state index is 15.7. The van der Waals surface area contributed by atoms with E-state index in [0.717, 1.165) is 42.7 Å². The molecule has 56 heavy (non-hydrogen) atoms. The molecular formula is C39H46FN11O5. The van der Waals surface area contributed by atoms with Crippen molar-refractivity contribution in [1.82, 2.24) is 39.8 Å². The zero-order valence-corrected chi connectivity index (χ0v) is 31.8. The number of anilines is 4. The van der Waals surface area contributed by atoms with E-state index < -0.39 is 29.6 Å². The summed E-state index contributed by atoms with van der Waals surface area (Å²) in [5.41, 5.74) is 2.51. The van der Waals surface area contributed by atoms with Crippen LogP contribution in [0, 0.1) is 5.82 Å². The third-order valence-corrected chi connectivity index (χ3v) is 11.4. The number of piperazine rings is 1. The second kappa shape index (κ2) is 15.6. The van der Waals surface area contributed by atoms with Crippen LogP contribution in [0.1, 0.15) is 68.3 Å². The number of nitrogens with one attached hydrogen (secondary N) is 2. The third-order valence-electron chi connectivity index (χ3n) is 11.4. The lowest BCUT2D eigenvalue weighted by Crippen LogP contribution is -2.52. The molecule has 2 unspecified atom stereocenters. The Bertz CT molecular complexity index is 2160. The summed E-state index contributed by atoms with van der Waals surface area (Å²) in [6, 6.07) is 5.15. The van der Waals surface area contributed by atoms with Gasteiger partial charge in [-0.3, -0.25) is 39.0 Å². The van der Waals surface area contributed by atoms with Crippen molar-refractivity contribution < 1.29 is 28.3 Å². The third kappa shape index (κ3) is 7.33. The van der Waals surface area contributed by atoms with Crippen molar-refractivity contribution in [1.29, 1.82) is 0 Å². The fourth-order valence-corrected chi connectivity index (χ4v) is 8.40. The molecule has 3 aromatic heterocycles. The van der Waals surface area contributed by atoms with Crippen molar-refractivity contribution in [2.45, 2.75) is 76.8 Å². The Morgan fingerprint density at radius 3 is 2.54 bits per heavy atom. The van der Waals surface area contributed by atoms with E-state index >= 15 is 4.39 Å². The number of fused-ring (bicyclic) bond motifs is 2. The van der Waals surface area contributed by atoms with Gasteiger partial charge in [0.2, 0.25) is 23.5 Å². The SMILES string of the molecule is COC1CCN(c2nccc(Nc3cc4c(cn3)c(N3CCN(Cc5cc6c(cc5F)C(C(=O)C=O)N(C5CCC(=O)NC5=O)C6)CC3)nn4C(C)C)n2)CC1. The maximum Gasteiger partial charge on any atom is 0.243 e. The molecule has 4 aliphatic rings. The normalized spacial score (nSPS) is 21.2.